The third-order valence-corrected chi connectivity index (χ3v) is 5.41. The molecule has 1 amide bonds. The van der Waals surface area contributed by atoms with Crippen LogP contribution in [0.2, 0.25) is 0 Å². The smallest absolute Gasteiger partial charge is 0.321 e. The van der Waals surface area contributed by atoms with Crippen molar-refractivity contribution in [1.29, 1.82) is 0 Å². The highest BCUT2D eigenvalue weighted by atomic mass is 32.1. The lowest BCUT2D eigenvalue weighted by Crippen LogP contribution is -2.36. The number of thiophene rings is 1. The molecule has 0 aliphatic heterocycles. The van der Waals surface area contributed by atoms with Gasteiger partial charge in [-0.3, -0.25) is 18.7 Å². The molecule has 0 saturated heterocycles. The van der Waals surface area contributed by atoms with Crippen molar-refractivity contribution in [3.63, 3.8) is 0 Å². The van der Waals surface area contributed by atoms with Gasteiger partial charge in [-0.2, -0.15) is 0 Å². The van der Waals surface area contributed by atoms with Crippen molar-refractivity contribution in [2.45, 2.75) is 13.8 Å². The van der Waals surface area contributed by atoms with Crippen LogP contribution in [0.5, 0.6) is 0 Å². The highest BCUT2D eigenvalue weighted by molar-refractivity contribution is 7.20. The molecule has 124 valence electrons. The summed E-state index contributed by atoms with van der Waals surface area (Å²) in [5.41, 5.74) is 2.01. The maximum absolute atomic E-state index is 12.5. The summed E-state index contributed by atoms with van der Waals surface area (Å²) in [5, 5.41) is 3.24. The molecular formula is C17H17N3O3S. The fourth-order valence-corrected chi connectivity index (χ4v) is 3.55. The van der Waals surface area contributed by atoms with Gasteiger partial charge in [0.05, 0.1) is 10.3 Å². The molecule has 1 N–H and O–H groups in total. The molecule has 2 heterocycles. The highest BCUT2D eigenvalue weighted by Gasteiger charge is 2.17. The second kappa shape index (κ2) is 5.76. The molecule has 0 radical (unpaired) electrons. The average Bonchev–Trinajstić information content (AvgIpc) is 3.01. The number of nitrogens with zero attached hydrogens (tertiary/aromatic N) is 2. The number of carbonyl (C=O) groups is 1. The standard InChI is InChI=1S/C17H17N3O3S/c1-9-6-5-7-12(10(9)2)18-14(21)13-8-11-15(22)19(3)17(23)20(4)16(11)24-13/h5-8H,1-4H3,(H,18,21). The second-order valence-corrected chi connectivity index (χ2v) is 6.77. The van der Waals surface area contributed by atoms with Crippen LogP contribution in [0.4, 0.5) is 5.69 Å². The van der Waals surface area contributed by atoms with Crippen LogP contribution in [0.25, 0.3) is 10.2 Å². The number of aryl methyl sites for hydroxylation is 2. The van der Waals surface area contributed by atoms with Crippen LogP contribution in [0.1, 0.15) is 20.8 Å². The number of benzene rings is 1. The van der Waals surface area contributed by atoms with Crippen LogP contribution in [0.3, 0.4) is 0 Å². The summed E-state index contributed by atoms with van der Waals surface area (Å²) in [6.45, 7) is 3.92. The normalized spacial score (nSPS) is 11.0. The Labute approximate surface area is 142 Å². The first-order valence-electron chi connectivity index (χ1n) is 7.38. The monoisotopic (exact) mass is 343 g/mol. The van der Waals surface area contributed by atoms with Gasteiger partial charge in [0.2, 0.25) is 0 Å². The van der Waals surface area contributed by atoms with Crippen molar-refractivity contribution >= 4 is 33.1 Å². The Hall–Kier alpha value is -2.67. The predicted molar refractivity (Wildman–Crippen MR) is 96.2 cm³/mol. The van der Waals surface area contributed by atoms with Crippen LogP contribution in [-0.4, -0.2) is 15.0 Å². The van der Waals surface area contributed by atoms with Crippen LogP contribution in [-0.2, 0) is 14.1 Å². The molecule has 0 saturated carbocycles. The molecule has 0 fully saturated rings. The van der Waals surface area contributed by atoms with E-state index < -0.39 is 11.2 Å². The molecule has 7 heteroatoms. The Morgan fingerprint density at radius 1 is 1.12 bits per heavy atom. The first-order valence-corrected chi connectivity index (χ1v) is 8.20. The van der Waals surface area contributed by atoms with E-state index >= 15 is 0 Å². The molecule has 24 heavy (non-hydrogen) atoms. The van der Waals surface area contributed by atoms with E-state index in [0.717, 1.165) is 32.7 Å². The number of fused-ring (bicyclic) bond motifs is 1. The van der Waals surface area contributed by atoms with Gasteiger partial charge in [0.25, 0.3) is 11.5 Å². The summed E-state index contributed by atoms with van der Waals surface area (Å²) < 4.78 is 2.43. The number of rotatable bonds is 2. The molecule has 0 bridgehead atoms. The van der Waals surface area contributed by atoms with Crippen LogP contribution in [0, 0.1) is 13.8 Å². The van der Waals surface area contributed by atoms with E-state index in [-0.39, 0.29) is 5.91 Å². The maximum Gasteiger partial charge on any atom is 0.331 e. The Kier molecular flexibility index (Phi) is 3.88. The first-order chi connectivity index (χ1) is 11.3. The Morgan fingerprint density at radius 3 is 2.54 bits per heavy atom. The van der Waals surface area contributed by atoms with Gasteiger partial charge in [-0.15, -0.1) is 11.3 Å². The molecule has 0 aliphatic carbocycles. The molecule has 0 aliphatic rings. The summed E-state index contributed by atoms with van der Waals surface area (Å²) in [6.07, 6.45) is 0. The third-order valence-electron chi connectivity index (χ3n) is 4.20. The van der Waals surface area contributed by atoms with E-state index in [4.69, 9.17) is 0 Å². The summed E-state index contributed by atoms with van der Waals surface area (Å²) in [6, 6.07) is 7.23. The third kappa shape index (κ3) is 2.46. The van der Waals surface area contributed by atoms with Gasteiger partial charge in [0, 0.05) is 19.8 Å². The number of carbonyl (C=O) groups excluding carboxylic acids is 1. The lowest BCUT2D eigenvalue weighted by Gasteiger charge is -2.09. The zero-order chi connectivity index (χ0) is 17.6. The fourth-order valence-electron chi connectivity index (χ4n) is 2.55. The summed E-state index contributed by atoms with van der Waals surface area (Å²) >= 11 is 1.14. The maximum atomic E-state index is 12.5. The summed E-state index contributed by atoms with van der Waals surface area (Å²) in [7, 11) is 3.02. The summed E-state index contributed by atoms with van der Waals surface area (Å²) in [4.78, 5) is 37.6. The van der Waals surface area contributed by atoms with Gasteiger partial charge in [-0.1, -0.05) is 12.1 Å². The summed E-state index contributed by atoms with van der Waals surface area (Å²) in [5.74, 6) is -0.292. The Bertz CT molecular complexity index is 1090. The number of aromatic nitrogens is 2. The SMILES string of the molecule is Cc1cccc(NC(=O)c2cc3c(=O)n(C)c(=O)n(C)c3s2)c1C. The van der Waals surface area contributed by atoms with E-state index in [1.165, 1.54) is 11.6 Å². The minimum atomic E-state index is -0.407. The van der Waals surface area contributed by atoms with Crippen molar-refractivity contribution in [2.75, 3.05) is 5.32 Å². The van der Waals surface area contributed by atoms with Gasteiger partial charge in [0.1, 0.15) is 4.83 Å². The fraction of sp³-hybridized carbons (Fsp3) is 0.235. The van der Waals surface area contributed by atoms with Gasteiger partial charge >= 0.3 is 5.69 Å². The average molecular weight is 343 g/mol. The van der Waals surface area contributed by atoms with Crippen LogP contribution < -0.4 is 16.6 Å². The molecule has 1 aromatic carbocycles. The molecule has 0 spiro atoms. The largest absolute Gasteiger partial charge is 0.331 e. The van der Waals surface area contributed by atoms with Crippen molar-refractivity contribution in [2.24, 2.45) is 14.1 Å². The zero-order valence-corrected chi connectivity index (χ0v) is 14.7. The molecule has 3 aromatic rings. The molecule has 0 unspecified atom stereocenters. The molecule has 2 aromatic heterocycles. The van der Waals surface area contributed by atoms with E-state index in [0.29, 0.717) is 15.1 Å². The van der Waals surface area contributed by atoms with Gasteiger partial charge in [-0.05, 0) is 37.1 Å². The Balaban J connectivity index is 2.07. The van der Waals surface area contributed by atoms with Gasteiger partial charge in [-0.25, -0.2) is 4.79 Å². The molecule has 3 rings (SSSR count). The molecular weight excluding hydrogens is 326 g/mol. The molecule has 6 nitrogen and oxygen atoms in total. The number of amides is 1. The predicted octanol–water partition coefficient (Wildman–Crippen LogP) is 2.17. The van der Waals surface area contributed by atoms with E-state index in [1.54, 1.807) is 13.1 Å². The van der Waals surface area contributed by atoms with E-state index in [1.807, 2.05) is 32.0 Å². The topological polar surface area (TPSA) is 73.1 Å². The Morgan fingerprint density at radius 2 is 1.83 bits per heavy atom. The molecule has 0 atom stereocenters. The zero-order valence-electron chi connectivity index (χ0n) is 13.8. The van der Waals surface area contributed by atoms with Crippen LogP contribution in [0.15, 0.2) is 33.9 Å². The van der Waals surface area contributed by atoms with E-state index in [9.17, 15) is 14.4 Å². The van der Waals surface area contributed by atoms with Crippen LogP contribution >= 0.6 is 11.3 Å². The number of hydrogen-bond acceptors (Lipinski definition) is 4. The second-order valence-electron chi connectivity index (χ2n) is 5.74. The minimum Gasteiger partial charge on any atom is -0.321 e. The van der Waals surface area contributed by atoms with Crippen molar-refractivity contribution < 1.29 is 4.79 Å². The number of anilines is 1. The lowest BCUT2D eigenvalue weighted by molar-refractivity contribution is 0.103. The quantitative estimate of drug-likeness (QED) is 0.775. The highest BCUT2D eigenvalue weighted by Crippen LogP contribution is 2.24. The van der Waals surface area contributed by atoms with Crippen molar-refractivity contribution in [1.82, 2.24) is 9.13 Å². The number of nitrogens with one attached hydrogen (secondary N) is 1. The van der Waals surface area contributed by atoms with Crippen molar-refractivity contribution in [3.05, 3.63) is 61.1 Å². The first kappa shape index (κ1) is 16.2. The minimum absolute atomic E-state index is 0.292. The van der Waals surface area contributed by atoms with Gasteiger partial charge in [0.15, 0.2) is 0 Å². The number of hydrogen-bond donors (Lipinski definition) is 1. The lowest BCUT2D eigenvalue weighted by atomic mass is 10.1. The van der Waals surface area contributed by atoms with E-state index in [2.05, 4.69) is 5.32 Å². The van der Waals surface area contributed by atoms with Crippen molar-refractivity contribution in [3.8, 4) is 0 Å². The van der Waals surface area contributed by atoms with Gasteiger partial charge < -0.3 is 5.32 Å².